The van der Waals surface area contributed by atoms with E-state index in [0.29, 0.717) is 27.1 Å². The lowest BCUT2D eigenvalue weighted by Gasteiger charge is -2.25. The highest BCUT2D eigenvalue weighted by Crippen LogP contribution is 2.36. The van der Waals surface area contributed by atoms with Crippen LogP contribution in [0.25, 0.3) is 0 Å². The lowest BCUT2D eigenvalue weighted by atomic mass is 10.1. The van der Waals surface area contributed by atoms with Gasteiger partial charge in [-0.25, -0.2) is 4.98 Å². The number of para-hydroxylation sites is 2. The molecule has 0 fully saturated rings. The fraction of sp³-hybridized carbons (Fsp3) is 0.200. The van der Waals surface area contributed by atoms with E-state index in [9.17, 15) is 18.0 Å². The third-order valence-corrected chi connectivity index (χ3v) is 5.54. The average molecular weight is 455 g/mol. The number of alkyl halides is 3. The number of ether oxygens (including phenoxy) is 2. The van der Waals surface area contributed by atoms with E-state index in [4.69, 9.17) is 21.1 Å². The Bertz CT molecular complexity index is 1090. The van der Waals surface area contributed by atoms with Gasteiger partial charge in [0.1, 0.15) is 6.61 Å². The topological polar surface area (TPSA) is 60.5 Å². The van der Waals surface area contributed by atoms with E-state index in [1.807, 2.05) is 0 Å². The molecular formula is C20H14ClF3N2O3S. The van der Waals surface area contributed by atoms with E-state index in [1.54, 1.807) is 24.3 Å². The van der Waals surface area contributed by atoms with Crippen molar-refractivity contribution in [1.82, 2.24) is 4.98 Å². The summed E-state index contributed by atoms with van der Waals surface area (Å²) < 4.78 is 50.2. The summed E-state index contributed by atoms with van der Waals surface area (Å²) in [5.41, 5.74) is -0.441. The Hall–Kier alpha value is -2.78. The van der Waals surface area contributed by atoms with E-state index in [0.717, 1.165) is 6.07 Å². The van der Waals surface area contributed by atoms with Crippen molar-refractivity contribution in [3.63, 3.8) is 0 Å². The van der Waals surface area contributed by atoms with Crippen molar-refractivity contribution in [1.29, 1.82) is 0 Å². The molecule has 10 heteroatoms. The first-order valence-electron chi connectivity index (χ1n) is 8.79. The summed E-state index contributed by atoms with van der Waals surface area (Å²) >= 11 is 6.82. The maximum atomic E-state index is 13.0. The van der Waals surface area contributed by atoms with Crippen molar-refractivity contribution >= 4 is 34.0 Å². The van der Waals surface area contributed by atoms with Gasteiger partial charge in [0.15, 0.2) is 16.6 Å². The van der Waals surface area contributed by atoms with Crippen LogP contribution in [0, 0.1) is 0 Å². The zero-order valence-electron chi connectivity index (χ0n) is 15.2. The number of fused-ring (bicyclic) bond motifs is 1. The molecule has 1 amide bonds. The average Bonchev–Trinajstić information content (AvgIpc) is 3.15. The Morgan fingerprint density at radius 3 is 2.77 bits per heavy atom. The first-order valence-corrected chi connectivity index (χ1v) is 9.99. The predicted octanol–water partition coefficient (Wildman–Crippen LogP) is 5.18. The van der Waals surface area contributed by atoms with Gasteiger partial charge < -0.3 is 9.47 Å². The minimum absolute atomic E-state index is 0.0616. The highest BCUT2D eigenvalue weighted by atomic mass is 35.5. The smallest absolute Gasteiger partial charge is 0.417 e. The number of nitrogens with one attached hydrogen (secondary N) is 1. The molecule has 0 bridgehead atoms. The first kappa shape index (κ1) is 20.5. The maximum absolute atomic E-state index is 13.0. The summed E-state index contributed by atoms with van der Waals surface area (Å²) in [5.74, 6) is 0.627. The van der Waals surface area contributed by atoms with Crippen molar-refractivity contribution in [3.8, 4) is 11.5 Å². The number of rotatable bonds is 4. The molecule has 0 saturated heterocycles. The first-order chi connectivity index (χ1) is 14.3. The highest BCUT2D eigenvalue weighted by Gasteiger charge is 2.33. The van der Waals surface area contributed by atoms with Crippen LogP contribution in [0.15, 0.2) is 48.7 Å². The number of halogens is 4. The Kier molecular flexibility index (Phi) is 5.57. The number of carbonyl (C=O) groups excluding carboxylic acids is 1. The van der Waals surface area contributed by atoms with Gasteiger partial charge in [-0.05, 0) is 29.8 Å². The number of benzene rings is 2. The monoisotopic (exact) mass is 454 g/mol. The van der Waals surface area contributed by atoms with Crippen LogP contribution in [0.3, 0.4) is 0 Å². The molecule has 5 nitrogen and oxygen atoms in total. The number of carbonyl (C=O) groups is 1. The molecule has 2 aromatic carbocycles. The summed E-state index contributed by atoms with van der Waals surface area (Å²) in [6.07, 6.45) is -3.63. The number of thiazole rings is 1. The fourth-order valence-electron chi connectivity index (χ4n) is 2.88. The van der Waals surface area contributed by atoms with E-state index >= 15 is 0 Å². The number of aromatic nitrogens is 1. The Labute approximate surface area is 178 Å². The van der Waals surface area contributed by atoms with Crippen LogP contribution in [0.4, 0.5) is 18.3 Å². The molecule has 3 aromatic rings. The Balaban J connectivity index is 1.41. The van der Waals surface area contributed by atoms with Gasteiger partial charge in [-0.3, -0.25) is 10.1 Å². The van der Waals surface area contributed by atoms with Crippen molar-refractivity contribution in [3.05, 3.63) is 69.7 Å². The summed E-state index contributed by atoms with van der Waals surface area (Å²) in [4.78, 5) is 17.3. The lowest BCUT2D eigenvalue weighted by Crippen LogP contribution is -2.40. The second-order valence-corrected chi connectivity index (χ2v) is 8.00. The lowest BCUT2D eigenvalue weighted by molar-refractivity contribution is -0.137. The van der Waals surface area contributed by atoms with Crippen LogP contribution >= 0.6 is 22.9 Å². The zero-order valence-corrected chi connectivity index (χ0v) is 16.8. The molecule has 1 aliphatic rings. The predicted molar refractivity (Wildman–Crippen MR) is 106 cm³/mol. The van der Waals surface area contributed by atoms with Gasteiger partial charge in [0.05, 0.1) is 10.6 Å². The van der Waals surface area contributed by atoms with Gasteiger partial charge in [0, 0.05) is 17.5 Å². The van der Waals surface area contributed by atoms with Crippen LogP contribution in [-0.4, -0.2) is 23.6 Å². The van der Waals surface area contributed by atoms with Crippen LogP contribution in [-0.2, 0) is 17.4 Å². The maximum Gasteiger partial charge on any atom is 0.417 e. The molecule has 1 atom stereocenters. The SMILES string of the molecule is O=C(Nc1ncc(Cc2ccc(Cl)c(C(F)(F)F)c2)s1)C1COc2ccccc2O1. The van der Waals surface area contributed by atoms with Crippen LogP contribution in [0.1, 0.15) is 16.0 Å². The van der Waals surface area contributed by atoms with Crippen LogP contribution in [0.5, 0.6) is 11.5 Å². The van der Waals surface area contributed by atoms with Crippen molar-refractivity contribution < 1.29 is 27.4 Å². The minimum Gasteiger partial charge on any atom is -0.485 e. The van der Waals surface area contributed by atoms with Gasteiger partial charge in [-0.15, -0.1) is 11.3 Å². The molecule has 156 valence electrons. The van der Waals surface area contributed by atoms with Gasteiger partial charge >= 0.3 is 6.18 Å². The number of nitrogens with zero attached hydrogens (tertiary/aromatic N) is 1. The van der Waals surface area contributed by atoms with Gasteiger partial charge in [-0.2, -0.15) is 13.2 Å². The zero-order chi connectivity index (χ0) is 21.3. The summed E-state index contributed by atoms with van der Waals surface area (Å²) in [6, 6.07) is 10.8. The van der Waals surface area contributed by atoms with Crippen molar-refractivity contribution in [2.75, 3.05) is 11.9 Å². The highest BCUT2D eigenvalue weighted by molar-refractivity contribution is 7.15. The van der Waals surface area contributed by atoms with Gasteiger partial charge in [-0.1, -0.05) is 29.8 Å². The standard InChI is InChI=1S/C20H14ClF3N2O3S/c21-14-6-5-11(8-13(14)20(22,23)24)7-12-9-25-19(30-12)26-18(27)17-10-28-15-3-1-2-4-16(15)29-17/h1-6,8-9,17H,7,10H2,(H,25,26,27). The van der Waals surface area contributed by atoms with Gasteiger partial charge in [0.2, 0.25) is 6.10 Å². The van der Waals surface area contributed by atoms with E-state index in [2.05, 4.69) is 10.3 Å². The van der Waals surface area contributed by atoms with Crippen molar-refractivity contribution in [2.24, 2.45) is 0 Å². The van der Waals surface area contributed by atoms with Crippen LogP contribution in [0.2, 0.25) is 5.02 Å². The molecule has 0 saturated carbocycles. The minimum atomic E-state index is -4.53. The summed E-state index contributed by atoms with van der Waals surface area (Å²) in [5, 5.41) is 2.63. The Morgan fingerprint density at radius 2 is 2.00 bits per heavy atom. The molecule has 0 spiro atoms. The number of amides is 1. The third-order valence-electron chi connectivity index (χ3n) is 4.30. The second kappa shape index (κ2) is 8.16. The number of hydrogen-bond donors (Lipinski definition) is 1. The molecule has 30 heavy (non-hydrogen) atoms. The molecule has 0 aliphatic carbocycles. The molecule has 1 N–H and O–H groups in total. The summed E-state index contributed by atoms with van der Waals surface area (Å²) in [7, 11) is 0. The molecule has 1 unspecified atom stereocenters. The molecule has 1 aliphatic heterocycles. The quantitative estimate of drug-likeness (QED) is 0.589. The number of hydrogen-bond acceptors (Lipinski definition) is 5. The van der Waals surface area contributed by atoms with E-state index in [-0.39, 0.29) is 18.1 Å². The Morgan fingerprint density at radius 1 is 1.23 bits per heavy atom. The second-order valence-electron chi connectivity index (χ2n) is 6.47. The van der Waals surface area contributed by atoms with Gasteiger partial charge in [0.25, 0.3) is 5.91 Å². The molecule has 0 radical (unpaired) electrons. The number of anilines is 1. The third kappa shape index (κ3) is 4.52. The van der Waals surface area contributed by atoms with Crippen molar-refractivity contribution in [2.45, 2.75) is 18.7 Å². The molecule has 2 heterocycles. The molecule has 1 aromatic heterocycles. The normalized spacial score (nSPS) is 15.7. The summed E-state index contributed by atoms with van der Waals surface area (Å²) in [6.45, 7) is 0.0616. The van der Waals surface area contributed by atoms with E-state index in [1.165, 1.54) is 29.7 Å². The molecule has 4 rings (SSSR count). The van der Waals surface area contributed by atoms with E-state index < -0.39 is 23.8 Å². The fourth-order valence-corrected chi connectivity index (χ4v) is 3.96. The van der Waals surface area contributed by atoms with Crippen LogP contribution < -0.4 is 14.8 Å². The largest absolute Gasteiger partial charge is 0.485 e. The molecular weight excluding hydrogens is 441 g/mol.